The summed E-state index contributed by atoms with van der Waals surface area (Å²) in [5.41, 5.74) is 4.12. The van der Waals surface area contributed by atoms with Crippen molar-refractivity contribution in [1.82, 2.24) is 4.98 Å². The first-order valence-electron chi connectivity index (χ1n) is 6.95. The molecule has 0 radical (unpaired) electrons. The van der Waals surface area contributed by atoms with Crippen molar-refractivity contribution in [2.75, 3.05) is 5.32 Å². The highest BCUT2D eigenvalue weighted by Crippen LogP contribution is 2.14. The molecule has 2 aromatic carbocycles. The minimum Gasteiger partial charge on any atom is -0.356 e. The summed E-state index contributed by atoms with van der Waals surface area (Å²) in [6.07, 6.45) is 0. The van der Waals surface area contributed by atoms with E-state index < -0.39 is 0 Å². The molecule has 3 rings (SSSR count). The number of aromatic nitrogens is 1. The summed E-state index contributed by atoms with van der Waals surface area (Å²) in [6, 6.07) is 18.3. The number of H-pyrrole nitrogens is 1. The second-order valence-corrected chi connectivity index (χ2v) is 5.12. The second-order valence-electron chi connectivity index (χ2n) is 5.12. The number of allylic oxidation sites excluding steroid dienone is 1. The zero-order valence-corrected chi connectivity index (χ0v) is 12.1. The zero-order valence-electron chi connectivity index (χ0n) is 12.1. The van der Waals surface area contributed by atoms with E-state index in [1.54, 1.807) is 0 Å². The fraction of sp³-hybridized carbons (Fsp3) is 0.0526. The fourth-order valence-corrected chi connectivity index (χ4v) is 2.57. The van der Waals surface area contributed by atoms with Gasteiger partial charge in [0.15, 0.2) is 0 Å². The van der Waals surface area contributed by atoms with E-state index in [-0.39, 0.29) is 0 Å². The lowest BCUT2D eigenvalue weighted by molar-refractivity contribution is 1.35. The number of para-hydroxylation sites is 2. The standard InChI is InChI=1S/C19H18N2/c1-13(14(2)20-16-9-5-4-6-10-16)19-15(3)21-18-12-8-7-11-17(18)19/h4-12,20-21H,2-3H2,1H3/b19-13+. The number of benzene rings is 2. The lowest BCUT2D eigenvalue weighted by Gasteiger charge is -2.09. The van der Waals surface area contributed by atoms with Gasteiger partial charge in [-0.3, -0.25) is 0 Å². The summed E-state index contributed by atoms with van der Waals surface area (Å²) < 4.78 is 0. The van der Waals surface area contributed by atoms with E-state index in [0.717, 1.165) is 33.0 Å². The Morgan fingerprint density at radius 3 is 2.43 bits per heavy atom. The van der Waals surface area contributed by atoms with Gasteiger partial charge in [-0.25, -0.2) is 0 Å². The third-order valence-electron chi connectivity index (χ3n) is 3.68. The SMILES string of the molecule is C=C(Nc1ccccc1)/C(C)=c1\c(=C)[nH]c2ccccc12. The van der Waals surface area contributed by atoms with Gasteiger partial charge < -0.3 is 10.3 Å². The highest BCUT2D eigenvalue weighted by molar-refractivity contribution is 5.85. The van der Waals surface area contributed by atoms with Gasteiger partial charge in [-0.2, -0.15) is 0 Å². The van der Waals surface area contributed by atoms with Gasteiger partial charge in [0.2, 0.25) is 0 Å². The maximum absolute atomic E-state index is 4.16. The van der Waals surface area contributed by atoms with Crippen LogP contribution in [-0.4, -0.2) is 4.98 Å². The highest BCUT2D eigenvalue weighted by Gasteiger charge is 2.05. The summed E-state index contributed by atoms with van der Waals surface area (Å²) >= 11 is 0. The molecule has 0 aliphatic rings. The molecular weight excluding hydrogens is 256 g/mol. The van der Waals surface area contributed by atoms with Crippen LogP contribution in [0.1, 0.15) is 6.92 Å². The number of rotatable bonds is 3. The Kier molecular flexibility index (Phi) is 3.36. The lowest BCUT2D eigenvalue weighted by atomic mass is 10.1. The van der Waals surface area contributed by atoms with Crippen LogP contribution in [0, 0.1) is 0 Å². The van der Waals surface area contributed by atoms with Crippen LogP contribution in [0.15, 0.2) is 66.9 Å². The Morgan fingerprint density at radius 2 is 1.67 bits per heavy atom. The number of hydrogen-bond acceptors (Lipinski definition) is 1. The van der Waals surface area contributed by atoms with E-state index in [2.05, 4.69) is 42.5 Å². The molecule has 1 heterocycles. The van der Waals surface area contributed by atoms with Gasteiger partial charge in [0.1, 0.15) is 0 Å². The van der Waals surface area contributed by atoms with Crippen LogP contribution >= 0.6 is 0 Å². The van der Waals surface area contributed by atoms with Crippen molar-refractivity contribution >= 4 is 28.7 Å². The first-order valence-corrected chi connectivity index (χ1v) is 6.95. The molecule has 0 aliphatic heterocycles. The van der Waals surface area contributed by atoms with Crippen molar-refractivity contribution in [1.29, 1.82) is 0 Å². The predicted molar refractivity (Wildman–Crippen MR) is 91.4 cm³/mol. The van der Waals surface area contributed by atoms with Crippen molar-refractivity contribution in [3.63, 3.8) is 0 Å². The molecule has 0 bridgehead atoms. The summed E-state index contributed by atoms with van der Waals surface area (Å²) in [4.78, 5) is 3.33. The average Bonchev–Trinajstić information content (AvgIpc) is 2.83. The Labute approximate surface area is 124 Å². The van der Waals surface area contributed by atoms with Crippen LogP contribution in [0.5, 0.6) is 0 Å². The molecule has 1 aromatic heterocycles. The minimum absolute atomic E-state index is 0.885. The molecule has 2 N–H and O–H groups in total. The molecule has 104 valence electrons. The Bertz CT molecular complexity index is 902. The van der Waals surface area contributed by atoms with Gasteiger partial charge in [0.05, 0.1) is 0 Å². The monoisotopic (exact) mass is 274 g/mol. The second kappa shape index (κ2) is 5.33. The van der Waals surface area contributed by atoms with E-state index in [1.165, 1.54) is 5.39 Å². The molecule has 0 atom stereocenters. The van der Waals surface area contributed by atoms with Gasteiger partial charge >= 0.3 is 0 Å². The fourth-order valence-electron chi connectivity index (χ4n) is 2.57. The van der Waals surface area contributed by atoms with E-state index in [1.807, 2.05) is 42.5 Å². The molecule has 0 saturated heterocycles. The van der Waals surface area contributed by atoms with Gasteiger partial charge in [-0.15, -0.1) is 0 Å². The molecule has 0 saturated carbocycles. The van der Waals surface area contributed by atoms with Crippen LogP contribution < -0.4 is 15.9 Å². The number of fused-ring (bicyclic) bond motifs is 1. The molecule has 0 aliphatic carbocycles. The molecule has 2 nitrogen and oxygen atoms in total. The van der Waals surface area contributed by atoms with E-state index in [0.29, 0.717) is 0 Å². The number of hydrogen-bond donors (Lipinski definition) is 2. The van der Waals surface area contributed by atoms with Gasteiger partial charge in [0.25, 0.3) is 0 Å². The topological polar surface area (TPSA) is 27.8 Å². The molecule has 0 unspecified atom stereocenters. The van der Waals surface area contributed by atoms with Crippen molar-refractivity contribution in [3.05, 3.63) is 77.4 Å². The third-order valence-corrected chi connectivity index (χ3v) is 3.68. The van der Waals surface area contributed by atoms with Gasteiger partial charge in [0, 0.05) is 32.9 Å². The average molecular weight is 274 g/mol. The summed E-state index contributed by atoms with van der Waals surface area (Å²) in [5, 5.41) is 6.57. The van der Waals surface area contributed by atoms with Gasteiger partial charge in [-0.05, 0) is 30.7 Å². The Balaban J connectivity index is 2.10. The third kappa shape index (κ3) is 2.48. The van der Waals surface area contributed by atoms with Gasteiger partial charge in [-0.1, -0.05) is 49.6 Å². The summed E-state index contributed by atoms with van der Waals surface area (Å²) in [7, 11) is 0. The molecular formula is C19H18N2. The smallest absolute Gasteiger partial charge is 0.0464 e. The van der Waals surface area contributed by atoms with Crippen molar-refractivity contribution in [2.24, 2.45) is 0 Å². The molecule has 21 heavy (non-hydrogen) atoms. The molecule has 2 heteroatoms. The predicted octanol–water partition coefficient (Wildman–Crippen LogP) is 3.37. The number of aromatic amines is 1. The minimum atomic E-state index is 0.885. The molecule has 0 amide bonds. The summed E-state index contributed by atoms with van der Waals surface area (Å²) in [5.74, 6) is 0. The lowest BCUT2D eigenvalue weighted by Crippen LogP contribution is -2.24. The maximum atomic E-state index is 4.16. The zero-order chi connectivity index (χ0) is 14.8. The molecule has 0 fully saturated rings. The molecule has 3 aromatic rings. The number of anilines is 1. The Hall–Kier alpha value is -2.74. The van der Waals surface area contributed by atoms with E-state index in [9.17, 15) is 0 Å². The maximum Gasteiger partial charge on any atom is 0.0464 e. The van der Waals surface area contributed by atoms with Crippen molar-refractivity contribution in [3.8, 4) is 0 Å². The molecule has 0 spiro atoms. The normalized spacial score (nSPS) is 12.2. The Morgan fingerprint density at radius 1 is 1.00 bits per heavy atom. The largest absolute Gasteiger partial charge is 0.356 e. The van der Waals surface area contributed by atoms with Crippen LogP contribution in [0.2, 0.25) is 0 Å². The quantitative estimate of drug-likeness (QED) is 0.753. The van der Waals surface area contributed by atoms with Crippen LogP contribution in [0.3, 0.4) is 0 Å². The van der Waals surface area contributed by atoms with E-state index >= 15 is 0 Å². The van der Waals surface area contributed by atoms with Crippen molar-refractivity contribution < 1.29 is 0 Å². The van der Waals surface area contributed by atoms with E-state index in [4.69, 9.17) is 0 Å². The first-order chi connectivity index (χ1) is 10.2. The van der Waals surface area contributed by atoms with Crippen LogP contribution in [0.25, 0.3) is 23.1 Å². The highest BCUT2D eigenvalue weighted by atomic mass is 14.9. The van der Waals surface area contributed by atoms with Crippen LogP contribution in [-0.2, 0) is 0 Å². The first kappa shape index (κ1) is 13.3. The van der Waals surface area contributed by atoms with Crippen molar-refractivity contribution in [2.45, 2.75) is 6.92 Å². The summed E-state index contributed by atoms with van der Waals surface area (Å²) in [6.45, 7) is 10.4. The van der Waals surface area contributed by atoms with Crippen LogP contribution in [0.4, 0.5) is 5.69 Å². The number of nitrogens with one attached hydrogen (secondary N) is 2.